The molecule has 0 spiro atoms. The number of anilines is 4. The van der Waals surface area contributed by atoms with Gasteiger partial charge < -0.3 is 20.2 Å². The van der Waals surface area contributed by atoms with E-state index in [0.717, 1.165) is 16.8 Å². The highest BCUT2D eigenvalue weighted by molar-refractivity contribution is 5.86. The zero-order valence-corrected chi connectivity index (χ0v) is 18.1. The molecule has 0 unspecified atom stereocenters. The van der Waals surface area contributed by atoms with Crippen LogP contribution in [0.5, 0.6) is 0 Å². The van der Waals surface area contributed by atoms with Crippen molar-refractivity contribution in [3.63, 3.8) is 0 Å². The molecule has 1 aliphatic heterocycles. The molecule has 9 heteroatoms. The van der Waals surface area contributed by atoms with Gasteiger partial charge in [-0.1, -0.05) is 42.5 Å². The third kappa shape index (κ3) is 3.99. The second-order valence-corrected chi connectivity index (χ2v) is 8.00. The summed E-state index contributed by atoms with van der Waals surface area (Å²) in [4.78, 5) is 47.9. The molecular weight excluding hydrogens is 434 g/mol. The first-order valence-electron chi connectivity index (χ1n) is 10.8. The number of aromatic carboxylic acids is 1. The third-order valence-electron chi connectivity index (χ3n) is 5.89. The topological polar surface area (TPSA) is 116 Å². The molecule has 34 heavy (non-hydrogen) atoms. The maximum atomic E-state index is 12.4. The van der Waals surface area contributed by atoms with Gasteiger partial charge in [0, 0.05) is 44.3 Å². The number of hydrogen-bond acceptors (Lipinski definition) is 8. The van der Waals surface area contributed by atoms with Crippen LogP contribution in [-0.2, 0) is 0 Å². The first kappa shape index (κ1) is 21.3. The quantitative estimate of drug-likeness (QED) is 0.423. The van der Waals surface area contributed by atoms with Crippen molar-refractivity contribution in [3.05, 3.63) is 93.0 Å². The van der Waals surface area contributed by atoms with E-state index >= 15 is 0 Å². The van der Waals surface area contributed by atoms with Gasteiger partial charge in [-0.3, -0.25) is 9.59 Å². The fourth-order valence-electron chi connectivity index (χ4n) is 4.07. The second-order valence-electron chi connectivity index (χ2n) is 8.00. The highest BCUT2D eigenvalue weighted by Crippen LogP contribution is 2.28. The van der Waals surface area contributed by atoms with Crippen LogP contribution in [0, 0.1) is 0 Å². The number of piperazine rings is 1. The van der Waals surface area contributed by atoms with E-state index in [1.165, 1.54) is 12.4 Å². The maximum Gasteiger partial charge on any atom is 0.338 e. The van der Waals surface area contributed by atoms with Crippen molar-refractivity contribution >= 4 is 29.0 Å². The number of hydrogen-bond donors (Lipinski definition) is 2. The first-order valence-corrected chi connectivity index (χ1v) is 10.8. The minimum atomic E-state index is -1.08. The van der Waals surface area contributed by atoms with Crippen LogP contribution in [0.25, 0.3) is 11.1 Å². The number of carboxylic acids is 1. The van der Waals surface area contributed by atoms with Crippen molar-refractivity contribution in [3.8, 4) is 11.1 Å². The van der Waals surface area contributed by atoms with Gasteiger partial charge in [-0.2, -0.15) is 0 Å². The minimum absolute atomic E-state index is 0.0261. The SMILES string of the molecule is O=C(O)c1cnc(N2CCN(c3c(Nc4cccc(-c5ccccc5)c4)c(=O)c3=O)CC2)nc1. The van der Waals surface area contributed by atoms with Gasteiger partial charge >= 0.3 is 5.97 Å². The number of carbonyl (C=O) groups is 1. The summed E-state index contributed by atoms with van der Waals surface area (Å²) in [7, 11) is 0. The van der Waals surface area contributed by atoms with Crippen LogP contribution in [0.3, 0.4) is 0 Å². The molecule has 4 aromatic rings. The molecule has 0 saturated carbocycles. The fraction of sp³-hybridized carbons (Fsp3) is 0.160. The molecule has 0 radical (unpaired) electrons. The zero-order valence-electron chi connectivity index (χ0n) is 18.1. The van der Waals surface area contributed by atoms with Gasteiger partial charge in [-0.05, 0) is 23.3 Å². The lowest BCUT2D eigenvalue weighted by Crippen LogP contribution is -2.51. The molecule has 5 rings (SSSR count). The van der Waals surface area contributed by atoms with Crippen LogP contribution < -0.4 is 26.0 Å². The standard InChI is InChI=1S/C25H21N5O4/c31-22-20(28-19-8-4-7-17(13-19)16-5-2-1-3-6-16)21(23(22)32)29-9-11-30(12-10-29)25-26-14-18(15-27-25)24(33)34/h1-8,13-15,28H,9-12H2,(H,33,34). The van der Waals surface area contributed by atoms with E-state index in [1.54, 1.807) is 0 Å². The maximum absolute atomic E-state index is 12.4. The molecule has 0 amide bonds. The Morgan fingerprint density at radius 2 is 1.47 bits per heavy atom. The van der Waals surface area contributed by atoms with Crippen LogP contribution in [0.2, 0.25) is 0 Å². The van der Waals surface area contributed by atoms with Crippen LogP contribution in [0.15, 0.2) is 76.6 Å². The molecule has 0 bridgehead atoms. The van der Waals surface area contributed by atoms with Crippen molar-refractivity contribution in [1.82, 2.24) is 9.97 Å². The monoisotopic (exact) mass is 455 g/mol. The average molecular weight is 455 g/mol. The van der Waals surface area contributed by atoms with E-state index in [-0.39, 0.29) is 5.56 Å². The number of benzene rings is 2. The van der Waals surface area contributed by atoms with Crippen molar-refractivity contribution in [2.75, 3.05) is 41.3 Å². The van der Waals surface area contributed by atoms with Gasteiger partial charge in [-0.25, -0.2) is 14.8 Å². The van der Waals surface area contributed by atoms with E-state index in [2.05, 4.69) is 15.3 Å². The number of nitrogens with one attached hydrogen (secondary N) is 1. The Hall–Kier alpha value is -4.53. The van der Waals surface area contributed by atoms with Crippen molar-refractivity contribution < 1.29 is 9.90 Å². The summed E-state index contributed by atoms with van der Waals surface area (Å²) in [6, 6.07) is 17.6. The highest BCUT2D eigenvalue weighted by Gasteiger charge is 2.29. The Balaban J connectivity index is 1.30. The molecule has 3 aromatic carbocycles. The van der Waals surface area contributed by atoms with Gasteiger partial charge in [0.05, 0.1) is 5.56 Å². The largest absolute Gasteiger partial charge is 0.478 e. The predicted molar refractivity (Wildman–Crippen MR) is 130 cm³/mol. The lowest BCUT2D eigenvalue weighted by atomic mass is 10.0. The Morgan fingerprint density at radius 1 is 0.824 bits per heavy atom. The summed E-state index contributed by atoms with van der Waals surface area (Å²) in [6.07, 6.45) is 2.55. The normalized spacial score (nSPS) is 13.8. The summed E-state index contributed by atoms with van der Waals surface area (Å²) < 4.78 is 0. The van der Waals surface area contributed by atoms with Crippen LogP contribution in [0.4, 0.5) is 23.0 Å². The molecule has 1 aliphatic rings. The third-order valence-corrected chi connectivity index (χ3v) is 5.89. The molecule has 1 saturated heterocycles. The summed E-state index contributed by atoms with van der Waals surface area (Å²) in [5, 5.41) is 12.1. The molecule has 170 valence electrons. The highest BCUT2D eigenvalue weighted by atomic mass is 16.4. The predicted octanol–water partition coefficient (Wildman–Crippen LogP) is 2.51. The molecule has 0 aliphatic carbocycles. The lowest BCUT2D eigenvalue weighted by molar-refractivity contribution is 0.0696. The van der Waals surface area contributed by atoms with Gasteiger partial charge in [0.15, 0.2) is 0 Å². The summed E-state index contributed by atoms with van der Waals surface area (Å²) in [5.74, 6) is -0.642. The number of aromatic nitrogens is 2. The van der Waals surface area contributed by atoms with Crippen LogP contribution >= 0.6 is 0 Å². The Kier molecular flexibility index (Phi) is 5.51. The van der Waals surface area contributed by atoms with E-state index in [0.29, 0.717) is 43.5 Å². The summed E-state index contributed by atoms with van der Waals surface area (Å²) in [6.45, 7) is 2.09. The first-order chi connectivity index (χ1) is 16.5. The molecule has 9 nitrogen and oxygen atoms in total. The van der Waals surface area contributed by atoms with Gasteiger partial charge in [-0.15, -0.1) is 0 Å². The van der Waals surface area contributed by atoms with E-state index in [4.69, 9.17) is 5.11 Å². The smallest absolute Gasteiger partial charge is 0.338 e. The van der Waals surface area contributed by atoms with Crippen LogP contribution in [-0.4, -0.2) is 47.2 Å². The molecule has 2 heterocycles. The zero-order chi connectivity index (χ0) is 23.7. The summed E-state index contributed by atoms with van der Waals surface area (Å²) >= 11 is 0. The Labute approximate surface area is 194 Å². The second kappa shape index (κ2) is 8.78. The fourth-order valence-corrected chi connectivity index (χ4v) is 4.07. The van der Waals surface area contributed by atoms with Gasteiger partial charge in [0.2, 0.25) is 5.95 Å². The van der Waals surface area contributed by atoms with Crippen molar-refractivity contribution in [1.29, 1.82) is 0 Å². The number of rotatable bonds is 6. The van der Waals surface area contributed by atoms with Crippen LogP contribution in [0.1, 0.15) is 10.4 Å². The number of carboxylic acid groups (broad SMARTS) is 1. The van der Waals surface area contributed by atoms with Crippen molar-refractivity contribution in [2.45, 2.75) is 0 Å². The lowest BCUT2D eigenvalue weighted by Gasteiger charge is -2.37. The molecule has 1 aromatic heterocycles. The molecule has 1 fully saturated rings. The van der Waals surface area contributed by atoms with Gasteiger partial charge in [0.1, 0.15) is 11.4 Å². The van der Waals surface area contributed by atoms with E-state index < -0.39 is 16.8 Å². The minimum Gasteiger partial charge on any atom is -0.478 e. The Morgan fingerprint density at radius 3 is 2.15 bits per heavy atom. The van der Waals surface area contributed by atoms with E-state index in [1.807, 2.05) is 64.4 Å². The summed E-state index contributed by atoms with van der Waals surface area (Å²) in [5.41, 5.74) is 2.54. The molecular formula is C25H21N5O4. The average Bonchev–Trinajstić information content (AvgIpc) is 2.89. The van der Waals surface area contributed by atoms with Gasteiger partial charge in [0.25, 0.3) is 10.9 Å². The number of nitrogens with zero attached hydrogens (tertiary/aromatic N) is 4. The molecule has 0 atom stereocenters. The Bertz CT molecular complexity index is 1400. The van der Waals surface area contributed by atoms with E-state index in [9.17, 15) is 14.4 Å². The van der Waals surface area contributed by atoms with Crippen molar-refractivity contribution in [2.24, 2.45) is 0 Å². The molecule has 2 N–H and O–H groups in total.